The van der Waals surface area contributed by atoms with Crippen LogP contribution in [0.4, 0.5) is 21.4 Å². The molecule has 1 aliphatic carbocycles. The molecule has 0 aromatic carbocycles. The van der Waals surface area contributed by atoms with Gasteiger partial charge in [0.25, 0.3) is 0 Å². The van der Waals surface area contributed by atoms with Crippen molar-refractivity contribution in [3.8, 4) is 5.88 Å². The first kappa shape index (κ1) is 24.4. The van der Waals surface area contributed by atoms with Gasteiger partial charge in [-0.15, -0.1) is 11.3 Å². The maximum absolute atomic E-state index is 12.1. The predicted octanol–water partition coefficient (Wildman–Crippen LogP) is 3.94. The Morgan fingerprint density at radius 1 is 1.30 bits per heavy atom. The zero-order valence-electron chi connectivity index (χ0n) is 19.4. The van der Waals surface area contributed by atoms with Crippen LogP contribution >= 0.6 is 11.3 Å². The summed E-state index contributed by atoms with van der Waals surface area (Å²) in [5, 5.41) is 6.77. The van der Waals surface area contributed by atoms with Gasteiger partial charge in [-0.25, -0.2) is 19.6 Å². The van der Waals surface area contributed by atoms with Crippen molar-refractivity contribution in [1.82, 2.24) is 15.3 Å². The van der Waals surface area contributed by atoms with Crippen molar-refractivity contribution in [2.75, 3.05) is 19.0 Å². The minimum atomic E-state index is -0.539. The van der Waals surface area contributed by atoms with E-state index in [1.165, 1.54) is 18.4 Å². The van der Waals surface area contributed by atoms with Crippen LogP contribution in [0.2, 0.25) is 0 Å². The second kappa shape index (κ2) is 10.6. The fraction of sp³-hybridized carbons (Fsp3) is 0.500. The van der Waals surface area contributed by atoms with Gasteiger partial charge in [0.1, 0.15) is 17.5 Å². The molecule has 0 spiro atoms. The van der Waals surface area contributed by atoms with Crippen molar-refractivity contribution in [2.24, 2.45) is 4.99 Å². The molecular formula is C22H29N5O5S. The number of thiazole rings is 1. The van der Waals surface area contributed by atoms with Gasteiger partial charge in [-0.1, -0.05) is 0 Å². The number of carbonyl (C=O) groups excluding carboxylic acids is 2. The highest BCUT2D eigenvalue weighted by Gasteiger charge is 2.26. The van der Waals surface area contributed by atoms with E-state index in [0.29, 0.717) is 28.9 Å². The second-order valence-corrected chi connectivity index (χ2v) is 9.42. The molecule has 11 heteroatoms. The number of nitrogens with one attached hydrogen (secondary N) is 2. The number of methoxy groups -OCH3 is 1. The molecule has 2 N–H and O–H groups in total. The molecule has 10 nitrogen and oxygen atoms in total. The number of aromatic nitrogens is 2. The number of aryl methyl sites for hydroxylation is 1. The normalized spacial score (nSPS) is 15.6. The monoisotopic (exact) mass is 475 g/mol. The van der Waals surface area contributed by atoms with Gasteiger partial charge >= 0.3 is 12.1 Å². The Hall–Kier alpha value is -3.21. The molecule has 0 saturated heterocycles. The van der Waals surface area contributed by atoms with Crippen LogP contribution in [0, 0.1) is 0 Å². The van der Waals surface area contributed by atoms with Crippen molar-refractivity contribution < 1.29 is 23.8 Å². The number of esters is 1. The number of fused-ring (bicyclic) bond motifs is 1. The Labute approximate surface area is 196 Å². The third kappa shape index (κ3) is 7.14. The average molecular weight is 476 g/mol. The number of rotatable bonds is 7. The summed E-state index contributed by atoms with van der Waals surface area (Å²) in [6.45, 7) is 7.51. The molecule has 33 heavy (non-hydrogen) atoms. The first-order chi connectivity index (χ1) is 15.7. The first-order valence-electron chi connectivity index (χ1n) is 10.7. The van der Waals surface area contributed by atoms with E-state index in [0.717, 1.165) is 29.6 Å². The van der Waals surface area contributed by atoms with Gasteiger partial charge in [0, 0.05) is 23.4 Å². The highest BCUT2D eigenvalue weighted by atomic mass is 32.1. The average Bonchev–Trinajstić information content (AvgIpc) is 3.13. The number of aliphatic imine (C=N–C) groups is 1. The van der Waals surface area contributed by atoms with Crippen molar-refractivity contribution >= 4 is 46.3 Å². The van der Waals surface area contributed by atoms with E-state index < -0.39 is 17.7 Å². The lowest BCUT2D eigenvalue weighted by molar-refractivity contribution is -0.134. The molecule has 2 heterocycles. The van der Waals surface area contributed by atoms with Crippen molar-refractivity contribution in [3.63, 3.8) is 0 Å². The standard InChI is InChI=1S/C22H29N5O5S/c1-6-31-18(28)12-23-15-9-10-17(30-5)26-19(15)27-20-25-14-8-7-13(11-16(14)33-20)24-21(29)32-22(2,3)4/h9-10,12-13H,6-8,11H2,1-5H3,(H,24,29)(H,25,26,27). The zero-order valence-corrected chi connectivity index (χ0v) is 20.2. The van der Waals surface area contributed by atoms with Crippen LogP contribution in [-0.2, 0) is 27.1 Å². The molecule has 1 aliphatic rings. The maximum atomic E-state index is 12.1. The molecule has 0 bridgehead atoms. The van der Waals surface area contributed by atoms with E-state index in [4.69, 9.17) is 14.2 Å². The molecule has 1 amide bonds. The molecule has 1 atom stereocenters. The van der Waals surface area contributed by atoms with Crippen LogP contribution in [0.1, 0.15) is 44.7 Å². The number of hydrogen-bond donors (Lipinski definition) is 2. The summed E-state index contributed by atoms with van der Waals surface area (Å²) >= 11 is 1.49. The van der Waals surface area contributed by atoms with Crippen LogP contribution in [0.25, 0.3) is 0 Å². The molecule has 2 aromatic heterocycles. The van der Waals surface area contributed by atoms with Crippen LogP contribution in [0.15, 0.2) is 17.1 Å². The summed E-state index contributed by atoms with van der Waals surface area (Å²) in [6.07, 6.45) is 2.89. The topological polar surface area (TPSA) is 124 Å². The summed E-state index contributed by atoms with van der Waals surface area (Å²) in [4.78, 5) is 38.1. The lowest BCUT2D eigenvalue weighted by Gasteiger charge is -2.25. The smallest absolute Gasteiger partial charge is 0.407 e. The lowest BCUT2D eigenvalue weighted by atomic mass is 9.98. The Kier molecular flexibility index (Phi) is 7.85. The van der Waals surface area contributed by atoms with Crippen LogP contribution in [0.5, 0.6) is 5.88 Å². The maximum Gasteiger partial charge on any atom is 0.407 e. The van der Waals surface area contributed by atoms with Crippen LogP contribution in [-0.4, -0.2) is 53.6 Å². The lowest BCUT2D eigenvalue weighted by Crippen LogP contribution is -2.41. The summed E-state index contributed by atoms with van der Waals surface area (Å²) < 4.78 is 15.5. The molecule has 0 radical (unpaired) electrons. The quantitative estimate of drug-likeness (QED) is 0.456. The number of hydrogen-bond acceptors (Lipinski definition) is 10. The molecule has 3 rings (SSSR count). The second-order valence-electron chi connectivity index (χ2n) is 8.33. The molecule has 2 aromatic rings. The molecule has 0 fully saturated rings. The van der Waals surface area contributed by atoms with Crippen LogP contribution in [0.3, 0.4) is 0 Å². The number of pyridine rings is 1. The number of nitrogens with zero attached hydrogens (tertiary/aromatic N) is 3. The number of carbonyl (C=O) groups is 2. The van der Waals surface area contributed by atoms with Crippen molar-refractivity contribution in [1.29, 1.82) is 0 Å². The fourth-order valence-corrected chi connectivity index (χ4v) is 4.26. The van der Waals surface area contributed by atoms with E-state index in [2.05, 4.69) is 25.6 Å². The molecule has 1 unspecified atom stereocenters. The highest BCUT2D eigenvalue weighted by Crippen LogP contribution is 2.34. The minimum Gasteiger partial charge on any atom is -0.481 e. The summed E-state index contributed by atoms with van der Waals surface area (Å²) in [5.74, 6) is 0.271. The van der Waals surface area contributed by atoms with Gasteiger partial charge in [-0.2, -0.15) is 4.98 Å². The third-order valence-corrected chi connectivity index (χ3v) is 5.57. The van der Waals surface area contributed by atoms with Gasteiger partial charge in [0.15, 0.2) is 10.9 Å². The van der Waals surface area contributed by atoms with Crippen LogP contribution < -0.4 is 15.4 Å². The zero-order chi connectivity index (χ0) is 24.0. The SMILES string of the molecule is CCOC(=O)C=Nc1ccc(OC)nc1Nc1nc2c(s1)CC(NC(=O)OC(C)(C)C)CC2. The molecule has 178 valence electrons. The van der Waals surface area contributed by atoms with Gasteiger partial charge < -0.3 is 24.8 Å². The van der Waals surface area contributed by atoms with Gasteiger partial charge in [-0.05, 0) is 46.6 Å². The number of ether oxygens (including phenoxy) is 3. The largest absolute Gasteiger partial charge is 0.481 e. The molecule has 0 aliphatic heterocycles. The Bertz CT molecular complexity index is 1030. The predicted molar refractivity (Wildman–Crippen MR) is 126 cm³/mol. The Morgan fingerprint density at radius 3 is 2.79 bits per heavy atom. The summed E-state index contributed by atoms with van der Waals surface area (Å²) in [7, 11) is 1.52. The van der Waals surface area contributed by atoms with Gasteiger partial charge in [-0.3, -0.25) is 0 Å². The first-order valence-corrected chi connectivity index (χ1v) is 11.5. The Morgan fingerprint density at radius 2 is 2.09 bits per heavy atom. The van der Waals surface area contributed by atoms with E-state index >= 15 is 0 Å². The van der Waals surface area contributed by atoms with Crippen molar-refractivity contribution in [3.05, 3.63) is 22.7 Å². The highest BCUT2D eigenvalue weighted by molar-refractivity contribution is 7.15. The van der Waals surface area contributed by atoms with E-state index in [1.807, 2.05) is 20.8 Å². The number of anilines is 2. The fourth-order valence-electron chi connectivity index (χ4n) is 3.17. The van der Waals surface area contributed by atoms with Gasteiger partial charge in [0.2, 0.25) is 5.88 Å². The summed E-state index contributed by atoms with van der Waals surface area (Å²) in [6, 6.07) is 3.33. The van der Waals surface area contributed by atoms with Gasteiger partial charge in [0.05, 0.1) is 19.4 Å². The third-order valence-electron chi connectivity index (χ3n) is 4.54. The van der Waals surface area contributed by atoms with E-state index in [1.54, 1.807) is 19.1 Å². The Balaban J connectivity index is 1.72. The molecular weight excluding hydrogens is 446 g/mol. The van der Waals surface area contributed by atoms with E-state index in [-0.39, 0.29) is 12.6 Å². The van der Waals surface area contributed by atoms with Crippen molar-refractivity contribution in [2.45, 2.75) is 58.6 Å². The van der Waals surface area contributed by atoms with E-state index in [9.17, 15) is 9.59 Å². The number of amides is 1. The number of alkyl carbamates (subject to hydrolysis) is 1. The minimum absolute atomic E-state index is 0.0136. The summed E-state index contributed by atoms with van der Waals surface area (Å²) in [5.41, 5.74) is 0.897. The molecule has 0 saturated carbocycles.